The zero-order valence-electron chi connectivity index (χ0n) is 16.1. The molecule has 152 valence electrons. The van der Waals surface area contributed by atoms with Gasteiger partial charge in [0.1, 0.15) is 11.4 Å². The number of nitrogens with zero attached hydrogens (tertiary/aromatic N) is 1. The van der Waals surface area contributed by atoms with Gasteiger partial charge in [-0.3, -0.25) is 10.1 Å². The summed E-state index contributed by atoms with van der Waals surface area (Å²) in [6, 6.07) is 19.7. The van der Waals surface area contributed by atoms with E-state index in [1.807, 2.05) is 48.5 Å². The second kappa shape index (κ2) is 9.58. The first-order valence-corrected chi connectivity index (χ1v) is 9.41. The zero-order chi connectivity index (χ0) is 19.3. The van der Waals surface area contributed by atoms with Gasteiger partial charge in [0.05, 0.1) is 19.7 Å². The lowest BCUT2D eigenvalue weighted by Gasteiger charge is -2.14. The number of benzene rings is 2. The summed E-state index contributed by atoms with van der Waals surface area (Å²) in [5, 5.41) is 10.4. The first-order chi connectivity index (χ1) is 13.7. The van der Waals surface area contributed by atoms with E-state index in [4.69, 9.17) is 9.26 Å². The van der Waals surface area contributed by atoms with E-state index in [1.165, 1.54) is 5.56 Å². The number of halogens is 1. The second-order valence-electron chi connectivity index (χ2n) is 6.89. The molecule has 1 aromatic heterocycles. The number of hydrogen-bond donors (Lipinski definition) is 2. The third-order valence-electron chi connectivity index (χ3n) is 5.02. The molecule has 0 radical (unpaired) electrons. The molecular formula is C22H24ClN3O3. The Kier molecular flexibility index (Phi) is 6.90. The van der Waals surface area contributed by atoms with Crippen LogP contribution in [0.2, 0.25) is 0 Å². The van der Waals surface area contributed by atoms with Gasteiger partial charge in [-0.25, -0.2) is 0 Å². The fourth-order valence-corrected chi connectivity index (χ4v) is 3.51. The highest BCUT2D eigenvalue weighted by atomic mass is 35.5. The minimum atomic E-state index is -0.185. The molecule has 6 nitrogen and oxygen atoms in total. The Labute approximate surface area is 176 Å². The Morgan fingerprint density at radius 2 is 2.00 bits per heavy atom. The minimum absolute atomic E-state index is 0. The van der Waals surface area contributed by atoms with Crippen LogP contribution >= 0.6 is 12.4 Å². The van der Waals surface area contributed by atoms with Crippen molar-refractivity contribution in [3.63, 3.8) is 0 Å². The molecule has 1 aliphatic rings. The molecule has 0 bridgehead atoms. The van der Waals surface area contributed by atoms with Crippen molar-refractivity contribution in [1.82, 2.24) is 15.8 Å². The van der Waals surface area contributed by atoms with E-state index in [0.29, 0.717) is 18.0 Å². The smallest absolute Gasteiger partial charge is 0.237 e. The van der Waals surface area contributed by atoms with Crippen molar-refractivity contribution in [3.05, 3.63) is 71.9 Å². The molecule has 29 heavy (non-hydrogen) atoms. The normalized spacial score (nSPS) is 18.1. The topological polar surface area (TPSA) is 76.4 Å². The van der Waals surface area contributed by atoms with Gasteiger partial charge in [-0.1, -0.05) is 47.6 Å². The summed E-state index contributed by atoms with van der Waals surface area (Å²) in [4.78, 5) is 12.5. The maximum absolute atomic E-state index is 12.5. The molecule has 2 N–H and O–H groups in total. The number of carbonyl (C=O) groups excluding carboxylic acids is 1. The molecule has 0 saturated carbocycles. The largest absolute Gasteiger partial charge is 0.497 e. The molecule has 1 amide bonds. The number of amides is 1. The summed E-state index contributed by atoms with van der Waals surface area (Å²) in [5.74, 6) is 1.39. The summed E-state index contributed by atoms with van der Waals surface area (Å²) in [5.41, 5.74) is 2.79. The molecule has 1 fully saturated rings. The predicted molar refractivity (Wildman–Crippen MR) is 113 cm³/mol. The fraction of sp³-hybridized carbons (Fsp3) is 0.273. The molecule has 1 saturated heterocycles. The van der Waals surface area contributed by atoms with E-state index in [1.54, 1.807) is 7.11 Å². The number of nitrogens with one attached hydrogen (secondary N) is 2. The minimum Gasteiger partial charge on any atom is -0.497 e. The summed E-state index contributed by atoms with van der Waals surface area (Å²) >= 11 is 0. The first kappa shape index (κ1) is 20.9. The van der Waals surface area contributed by atoms with Crippen LogP contribution in [0, 0.1) is 0 Å². The summed E-state index contributed by atoms with van der Waals surface area (Å²) in [6.07, 6.45) is 1.77. The highest BCUT2D eigenvalue weighted by Gasteiger charge is 2.29. The first-order valence-electron chi connectivity index (χ1n) is 9.41. The van der Waals surface area contributed by atoms with Crippen LogP contribution in [0.5, 0.6) is 5.75 Å². The lowest BCUT2D eigenvalue weighted by Crippen LogP contribution is -2.40. The van der Waals surface area contributed by atoms with Gasteiger partial charge in [0.15, 0.2) is 5.76 Å². The third-order valence-corrected chi connectivity index (χ3v) is 5.02. The molecule has 0 unspecified atom stereocenters. The average Bonchev–Trinajstić information content (AvgIpc) is 3.43. The van der Waals surface area contributed by atoms with E-state index in [-0.39, 0.29) is 30.4 Å². The van der Waals surface area contributed by atoms with Gasteiger partial charge in [0.25, 0.3) is 0 Å². The standard InChI is InChI=1S/C22H23N3O3.ClH/c1-27-18-9-5-8-16(12-18)21-13-17(25-28-21)14-23-22(26)20-11-10-19(24-20)15-6-3-2-4-7-15;/h2-9,12-13,19-20,24H,10-11,14H2,1H3,(H,23,26);1H/t19-,20-;/m1./s1. The van der Waals surface area contributed by atoms with E-state index in [2.05, 4.69) is 27.9 Å². The molecule has 2 heterocycles. The van der Waals surface area contributed by atoms with Crippen molar-refractivity contribution >= 4 is 18.3 Å². The van der Waals surface area contributed by atoms with Crippen LogP contribution in [0.4, 0.5) is 0 Å². The molecule has 0 aliphatic carbocycles. The predicted octanol–water partition coefficient (Wildman–Crippen LogP) is 3.88. The van der Waals surface area contributed by atoms with Crippen LogP contribution in [0.25, 0.3) is 11.3 Å². The highest BCUT2D eigenvalue weighted by molar-refractivity contribution is 5.85. The van der Waals surface area contributed by atoms with Crippen molar-refractivity contribution < 1.29 is 14.1 Å². The number of rotatable bonds is 6. The molecular weight excluding hydrogens is 390 g/mol. The van der Waals surface area contributed by atoms with Crippen molar-refractivity contribution in [1.29, 1.82) is 0 Å². The number of carbonyl (C=O) groups is 1. The van der Waals surface area contributed by atoms with Gasteiger partial charge in [-0.2, -0.15) is 0 Å². The highest BCUT2D eigenvalue weighted by Crippen LogP contribution is 2.27. The Hall–Kier alpha value is -2.83. The average molecular weight is 414 g/mol. The van der Waals surface area contributed by atoms with Crippen molar-refractivity contribution in [2.24, 2.45) is 0 Å². The van der Waals surface area contributed by atoms with Crippen molar-refractivity contribution in [2.45, 2.75) is 31.5 Å². The summed E-state index contributed by atoms with van der Waals surface area (Å²) in [7, 11) is 1.62. The van der Waals surface area contributed by atoms with Crippen LogP contribution in [-0.2, 0) is 11.3 Å². The van der Waals surface area contributed by atoms with E-state index in [0.717, 1.165) is 24.2 Å². The molecule has 7 heteroatoms. The summed E-state index contributed by atoms with van der Waals surface area (Å²) < 4.78 is 10.6. The van der Waals surface area contributed by atoms with Crippen LogP contribution in [0.1, 0.15) is 30.1 Å². The Bertz CT molecular complexity index is 945. The SMILES string of the molecule is COc1cccc(-c2cc(CNC(=O)[C@H]3CC[C@H](c4ccccc4)N3)no2)c1.Cl. The Balaban J connectivity index is 0.00000240. The maximum Gasteiger partial charge on any atom is 0.237 e. The Morgan fingerprint density at radius 1 is 1.17 bits per heavy atom. The number of hydrogen-bond acceptors (Lipinski definition) is 5. The fourth-order valence-electron chi connectivity index (χ4n) is 3.51. The van der Waals surface area contributed by atoms with Gasteiger partial charge in [-0.15, -0.1) is 12.4 Å². The number of ether oxygens (including phenoxy) is 1. The molecule has 2 aromatic carbocycles. The van der Waals surface area contributed by atoms with Crippen LogP contribution in [-0.4, -0.2) is 24.2 Å². The van der Waals surface area contributed by atoms with Crippen LogP contribution < -0.4 is 15.4 Å². The summed E-state index contributed by atoms with van der Waals surface area (Å²) in [6.45, 7) is 0.334. The van der Waals surface area contributed by atoms with Crippen molar-refractivity contribution in [3.8, 4) is 17.1 Å². The molecule has 2 atom stereocenters. The molecule has 3 aromatic rings. The zero-order valence-corrected chi connectivity index (χ0v) is 16.9. The van der Waals surface area contributed by atoms with Gasteiger partial charge in [0, 0.05) is 17.7 Å². The second-order valence-corrected chi connectivity index (χ2v) is 6.89. The third kappa shape index (κ3) is 4.96. The molecule has 4 rings (SSSR count). The number of methoxy groups -OCH3 is 1. The lowest BCUT2D eigenvalue weighted by atomic mass is 10.1. The van der Waals surface area contributed by atoms with Gasteiger partial charge in [-0.05, 0) is 30.5 Å². The lowest BCUT2D eigenvalue weighted by molar-refractivity contribution is -0.123. The molecule has 1 aliphatic heterocycles. The number of aromatic nitrogens is 1. The van der Waals surface area contributed by atoms with Crippen molar-refractivity contribution in [2.75, 3.05) is 7.11 Å². The Morgan fingerprint density at radius 3 is 2.79 bits per heavy atom. The maximum atomic E-state index is 12.5. The monoisotopic (exact) mass is 413 g/mol. The van der Waals surface area contributed by atoms with Gasteiger partial charge < -0.3 is 14.6 Å². The quantitative estimate of drug-likeness (QED) is 0.641. The van der Waals surface area contributed by atoms with E-state index in [9.17, 15) is 4.79 Å². The van der Waals surface area contributed by atoms with E-state index >= 15 is 0 Å². The van der Waals surface area contributed by atoms with Gasteiger partial charge in [0.2, 0.25) is 5.91 Å². The van der Waals surface area contributed by atoms with Crippen LogP contribution in [0.3, 0.4) is 0 Å². The molecule has 0 spiro atoms. The van der Waals surface area contributed by atoms with Crippen LogP contribution in [0.15, 0.2) is 65.2 Å². The van der Waals surface area contributed by atoms with Gasteiger partial charge >= 0.3 is 0 Å². The van der Waals surface area contributed by atoms with E-state index < -0.39 is 0 Å².